The fourth-order valence-corrected chi connectivity index (χ4v) is 12.4. The summed E-state index contributed by atoms with van der Waals surface area (Å²) >= 11 is 0. The molecule has 3 aliphatic carbocycles. The molecule has 0 aromatic heterocycles. The van der Waals surface area contributed by atoms with Gasteiger partial charge in [0, 0.05) is 17.1 Å². The average molecular weight is 824 g/mol. The highest BCUT2D eigenvalue weighted by Gasteiger charge is 2.59. The zero-order valence-corrected chi connectivity index (χ0v) is 35.6. The first kappa shape index (κ1) is 36.2. The molecule has 11 aromatic carbocycles. The summed E-state index contributed by atoms with van der Waals surface area (Å²) in [5.74, 6) is 0. The monoisotopic (exact) mass is 823 g/mol. The second kappa shape index (κ2) is 13.6. The molecular formula is C64H41N. The van der Waals surface area contributed by atoms with Gasteiger partial charge in [-0.15, -0.1) is 0 Å². The van der Waals surface area contributed by atoms with Gasteiger partial charge in [-0.2, -0.15) is 0 Å². The summed E-state index contributed by atoms with van der Waals surface area (Å²) in [4.78, 5) is 2.47. The molecule has 3 aliphatic rings. The highest BCUT2D eigenvalue weighted by molar-refractivity contribution is 6.09. The van der Waals surface area contributed by atoms with E-state index in [9.17, 15) is 0 Å². The molecule has 0 bridgehead atoms. The van der Waals surface area contributed by atoms with E-state index in [1.165, 1.54) is 99.4 Å². The van der Waals surface area contributed by atoms with Gasteiger partial charge in [0.2, 0.25) is 0 Å². The molecule has 65 heavy (non-hydrogen) atoms. The third-order valence-corrected chi connectivity index (χ3v) is 14.9. The van der Waals surface area contributed by atoms with Crippen molar-refractivity contribution in [1.82, 2.24) is 0 Å². The van der Waals surface area contributed by atoms with Crippen molar-refractivity contribution in [3.05, 3.63) is 293 Å². The lowest BCUT2D eigenvalue weighted by Gasteiger charge is -2.48. The minimum Gasteiger partial charge on any atom is -0.310 e. The maximum absolute atomic E-state index is 2.53. The zero-order valence-electron chi connectivity index (χ0n) is 35.6. The van der Waals surface area contributed by atoms with Gasteiger partial charge in [0.05, 0.1) is 10.8 Å². The predicted octanol–water partition coefficient (Wildman–Crippen LogP) is 16.2. The first-order valence-electron chi connectivity index (χ1n) is 22.8. The second-order valence-electron chi connectivity index (χ2n) is 17.9. The van der Waals surface area contributed by atoms with E-state index >= 15 is 0 Å². The van der Waals surface area contributed by atoms with Crippen molar-refractivity contribution in [2.24, 2.45) is 0 Å². The van der Waals surface area contributed by atoms with Crippen LogP contribution in [0.3, 0.4) is 0 Å². The minimum absolute atomic E-state index is 0.483. The zero-order chi connectivity index (χ0) is 42.7. The van der Waals surface area contributed by atoms with Crippen molar-refractivity contribution in [2.45, 2.75) is 10.8 Å². The molecule has 2 unspecified atom stereocenters. The van der Waals surface area contributed by atoms with Gasteiger partial charge in [-0.05, 0) is 136 Å². The molecule has 14 rings (SSSR count). The molecule has 1 spiro atoms. The molecule has 0 saturated carbocycles. The van der Waals surface area contributed by atoms with Crippen molar-refractivity contribution in [3.63, 3.8) is 0 Å². The SMILES string of the molecule is c1ccc(-c2ccc(N(c3ccc4c(c3)C3(c5ccccc5-4)c4ccccc4C4(c5ccccc5)c5ccccc5-c5cccc3c54)c3ccc4c(ccc5ccccc54)c3)cc2)cc1. The molecule has 0 radical (unpaired) electrons. The van der Waals surface area contributed by atoms with E-state index in [-0.39, 0.29) is 0 Å². The average Bonchev–Trinajstić information content (AvgIpc) is 3.85. The Morgan fingerprint density at radius 1 is 0.262 bits per heavy atom. The van der Waals surface area contributed by atoms with Crippen LogP contribution in [0.1, 0.15) is 44.5 Å². The van der Waals surface area contributed by atoms with Gasteiger partial charge in [-0.3, -0.25) is 0 Å². The Hall–Kier alpha value is -8.26. The summed E-state index contributed by atoms with van der Waals surface area (Å²) in [7, 11) is 0. The van der Waals surface area contributed by atoms with Crippen molar-refractivity contribution in [1.29, 1.82) is 0 Å². The quantitative estimate of drug-likeness (QED) is 0.156. The Labute approximate surface area is 379 Å². The van der Waals surface area contributed by atoms with Crippen molar-refractivity contribution < 1.29 is 0 Å². The Kier molecular flexibility index (Phi) is 7.59. The largest absolute Gasteiger partial charge is 0.310 e. The van der Waals surface area contributed by atoms with Crippen LogP contribution < -0.4 is 4.90 Å². The second-order valence-corrected chi connectivity index (χ2v) is 17.9. The predicted molar refractivity (Wildman–Crippen MR) is 270 cm³/mol. The fraction of sp³-hybridized carbons (Fsp3) is 0.0312. The molecule has 302 valence electrons. The van der Waals surface area contributed by atoms with Crippen molar-refractivity contribution in [2.75, 3.05) is 4.90 Å². The molecule has 0 heterocycles. The summed E-state index contributed by atoms with van der Waals surface area (Å²) in [6, 6.07) is 93.4. The van der Waals surface area contributed by atoms with E-state index in [1.807, 2.05) is 0 Å². The fourth-order valence-electron chi connectivity index (χ4n) is 12.4. The van der Waals surface area contributed by atoms with Crippen LogP contribution in [0.5, 0.6) is 0 Å². The Morgan fingerprint density at radius 3 is 1.55 bits per heavy atom. The van der Waals surface area contributed by atoms with Gasteiger partial charge in [0.1, 0.15) is 0 Å². The number of fused-ring (bicyclic) bond motifs is 15. The number of hydrogen-bond acceptors (Lipinski definition) is 1. The lowest BCUT2D eigenvalue weighted by molar-refractivity contribution is 0.636. The molecule has 1 nitrogen and oxygen atoms in total. The Bertz CT molecular complexity index is 3720. The van der Waals surface area contributed by atoms with E-state index in [2.05, 4.69) is 254 Å². The van der Waals surface area contributed by atoms with E-state index < -0.39 is 10.8 Å². The van der Waals surface area contributed by atoms with Gasteiger partial charge in [0.25, 0.3) is 0 Å². The Balaban J connectivity index is 1.05. The van der Waals surface area contributed by atoms with Crippen LogP contribution in [0, 0.1) is 0 Å². The molecule has 2 atom stereocenters. The normalized spacial score (nSPS) is 17.0. The van der Waals surface area contributed by atoms with Gasteiger partial charge in [-0.25, -0.2) is 0 Å². The van der Waals surface area contributed by atoms with Crippen LogP contribution in [0.2, 0.25) is 0 Å². The molecule has 0 aliphatic heterocycles. The third-order valence-electron chi connectivity index (χ3n) is 14.9. The maximum Gasteiger partial charge on any atom is 0.0720 e. The van der Waals surface area contributed by atoms with E-state index in [0.717, 1.165) is 17.1 Å². The number of hydrogen-bond donors (Lipinski definition) is 0. The summed E-state index contributed by atoms with van der Waals surface area (Å²) < 4.78 is 0. The molecule has 0 fully saturated rings. The van der Waals surface area contributed by atoms with Crippen LogP contribution in [-0.2, 0) is 10.8 Å². The van der Waals surface area contributed by atoms with Gasteiger partial charge in [-0.1, -0.05) is 212 Å². The molecule has 1 heteroatoms. The summed E-state index contributed by atoms with van der Waals surface area (Å²) in [5, 5.41) is 5.00. The van der Waals surface area contributed by atoms with Gasteiger partial charge >= 0.3 is 0 Å². The summed E-state index contributed by atoms with van der Waals surface area (Å²) in [6.07, 6.45) is 0. The molecule has 0 amide bonds. The first-order chi connectivity index (χ1) is 32.2. The Morgan fingerprint density at radius 2 is 0.769 bits per heavy atom. The van der Waals surface area contributed by atoms with Crippen LogP contribution in [-0.4, -0.2) is 0 Å². The molecular weight excluding hydrogens is 783 g/mol. The number of nitrogens with zero attached hydrogens (tertiary/aromatic N) is 1. The van der Waals surface area contributed by atoms with E-state index in [1.54, 1.807) is 0 Å². The summed E-state index contributed by atoms with van der Waals surface area (Å²) in [5.41, 5.74) is 20.6. The standard InChI is InChI=1S/C64H41N/c1-3-16-42(17-4-1)43-32-34-47(35-33-43)65(48-36-38-51-45(40-48)31-30-44-18-7-8-21-50(44)51)49-37-39-54-52-22-9-12-26-57(52)64(61(54)41-49)59-28-14-13-27-58(59)63(46-19-5-2-6-20-46)56-25-11-10-23-53(56)55-24-15-29-60(64)62(55)63/h1-41H. The molecule has 11 aromatic rings. The molecule has 0 N–H and O–H groups in total. The number of anilines is 3. The van der Waals surface area contributed by atoms with Gasteiger partial charge in [0.15, 0.2) is 0 Å². The summed E-state index contributed by atoms with van der Waals surface area (Å²) in [6.45, 7) is 0. The smallest absolute Gasteiger partial charge is 0.0720 e. The highest BCUT2D eigenvalue weighted by atomic mass is 15.1. The lowest BCUT2D eigenvalue weighted by Crippen LogP contribution is -2.43. The first-order valence-corrected chi connectivity index (χ1v) is 22.8. The van der Waals surface area contributed by atoms with Crippen LogP contribution >= 0.6 is 0 Å². The third kappa shape index (κ3) is 4.82. The van der Waals surface area contributed by atoms with Crippen molar-refractivity contribution in [3.8, 4) is 33.4 Å². The van der Waals surface area contributed by atoms with Gasteiger partial charge < -0.3 is 4.90 Å². The highest BCUT2D eigenvalue weighted by Crippen LogP contribution is 2.68. The lowest BCUT2D eigenvalue weighted by atomic mass is 9.52. The topological polar surface area (TPSA) is 3.24 Å². The molecule has 0 saturated heterocycles. The van der Waals surface area contributed by atoms with E-state index in [4.69, 9.17) is 0 Å². The van der Waals surface area contributed by atoms with Crippen molar-refractivity contribution >= 4 is 38.6 Å². The number of benzene rings is 11. The number of rotatable bonds is 5. The van der Waals surface area contributed by atoms with Crippen LogP contribution in [0.4, 0.5) is 17.1 Å². The van der Waals surface area contributed by atoms with E-state index in [0.29, 0.717) is 0 Å². The van der Waals surface area contributed by atoms with Crippen LogP contribution in [0.25, 0.3) is 54.9 Å². The maximum atomic E-state index is 2.53. The minimum atomic E-state index is -0.588. The van der Waals surface area contributed by atoms with Crippen LogP contribution in [0.15, 0.2) is 249 Å².